The summed E-state index contributed by atoms with van der Waals surface area (Å²) in [6, 6.07) is 12.2. The van der Waals surface area contributed by atoms with Gasteiger partial charge in [0.15, 0.2) is 5.82 Å². The number of nitrogens with zero attached hydrogens (tertiary/aromatic N) is 5. The van der Waals surface area contributed by atoms with Gasteiger partial charge in [0.05, 0.1) is 37.5 Å². The van der Waals surface area contributed by atoms with Gasteiger partial charge in [-0.2, -0.15) is 0 Å². The Balaban J connectivity index is 1.35. The van der Waals surface area contributed by atoms with Crippen molar-refractivity contribution in [1.82, 2.24) is 19.7 Å². The minimum absolute atomic E-state index is 0.244. The Morgan fingerprint density at radius 1 is 1.09 bits per heavy atom. The molecule has 0 saturated carbocycles. The molecule has 9 nitrogen and oxygen atoms in total. The standard InChI is InChI=1S/C23H24N6O3/c30-23-18-11-15(29-16-10-17(29)13-31-12-16)6-7-20(18)32-9-2-1-8-28-14-24-27-22(28)19-4-3-5-21(25-19)26-23/h3-7,11,14,16-17H,1-2,8-10,12-13H2,(H,25,26,30). The van der Waals surface area contributed by atoms with E-state index in [4.69, 9.17) is 9.47 Å². The molecule has 3 aliphatic rings. The van der Waals surface area contributed by atoms with Gasteiger partial charge in [-0.1, -0.05) is 6.07 Å². The van der Waals surface area contributed by atoms with Crippen LogP contribution < -0.4 is 15.0 Å². The number of benzene rings is 1. The second-order valence-corrected chi connectivity index (χ2v) is 8.43. The molecule has 5 heterocycles. The summed E-state index contributed by atoms with van der Waals surface area (Å²) in [5.74, 6) is 1.50. The highest BCUT2D eigenvalue weighted by Crippen LogP contribution is 2.38. The highest BCUT2D eigenvalue weighted by Gasteiger charge is 2.42. The minimum Gasteiger partial charge on any atom is -0.493 e. The van der Waals surface area contributed by atoms with E-state index >= 15 is 0 Å². The van der Waals surface area contributed by atoms with Gasteiger partial charge in [0.1, 0.15) is 23.6 Å². The molecule has 3 aromatic rings. The third kappa shape index (κ3) is 3.38. The first-order chi connectivity index (χ1) is 15.8. The Bertz CT molecular complexity index is 1150. The molecule has 164 valence electrons. The highest BCUT2D eigenvalue weighted by molar-refractivity contribution is 6.06. The van der Waals surface area contributed by atoms with Crippen LogP contribution in [-0.4, -0.2) is 57.6 Å². The number of pyridine rings is 1. The average molecular weight is 432 g/mol. The Kier molecular flexibility index (Phi) is 4.75. The molecule has 1 aromatic carbocycles. The number of carbonyl (C=O) groups excluding carboxylic acids is 1. The topological polar surface area (TPSA) is 94.4 Å². The zero-order valence-corrected chi connectivity index (χ0v) is 17.6. The number of anilines is 2. The average Bonchev–Trinajstić information content (AvgIpc) is 3.28. The number of ether oxygens (including phenoxy) is 2. The van der Waals surface area contributed by atoms with E-state index in [1.54, 1.807) is 12.4 Å². The van der Waals surface area contributed by atoms with Crippen LogP contribution in [0.15, 0.2) is 42.7 Å². The number of aromatic nitrogens is 4. The molecule has 0 spiro atoms. The van der Waals surface area contributed by atoms with Crippen LogP contribution in [0.25, 0.3) is 11.5 Å². The maximum Gasteiger partial charge on any atom is 0.260 e. The molecule has 2 fully saturated rings. The Labute approximate surface area is 185 Å². The molecule has 2 atom stereocenters. The van der Waals surface area contributed by atoms with Gasteiger partial charge in [0, 0.05) is 12.2 Å². The van der Waals surface area contributed by atoms with Crippen LogP contribution in [0, 0.1) is 0 Å². The molecule has 2 unspecified atom stereocenters. The van der Waals surface area contributed by atoms with E-state index in [9.17, 15) is 4.79 Å². The van der Waals surface area contributed by atoms with Gasteiger partial charge in [0.25, 0.3) is 5.91 Å². The number of amides is 1. The second kappa shape index (κ2) is 7.90. The highest BCUT2D eigenvalue weighted by atomic mass is 16.5. The first-order valence-electron chi connectivity index (χ1n) is 11.1. The molecule has 0 aliphatic carbocycles. The molecular formula is C23H24N6O3. The molecule has 1 amide bonds. The van der Waals surface area contributed by atoms with Gasteiger partial charge in [-0.25, -0.2) is 4.98 Å². The van der Waals surface area contributed by atoms with Gasteiger partial charge in [-0.05, 0) is 49.6 Å². The molecule has 1 N–H and O–H groups in total. The fourth-order valence-corrected chi connectivity index (χ4v) is 4.74. The number of rotatable bonds is 1. The smallest absolute Gasteiger partial charge is 0.260 e. The fraction of sp³-hybridized carbons (Fsp3) is 0.391. The van der Waals surface area contributed by atoms with Crippen molar-refractivity contribution in [3.8, 4) is 17.3 Å². The van der Waals surface area contributed by atoms with Crippen molar-refractivity contribution in [2.24, 2.45) is 0 Å². The van der Waals surface area contributed by atoms with Crippen LogP contribution in [-0.2, 0) is 11.3 Å². The molecule has 2 saturated heterocycles. The van der Waals surface area contributed by atoms with E-state index in [1.165, 1.54) is 0 Å². The summed E-state index contributed by atoms with van der Waals surface area (Å²) in [7, 11) is 0. The largest absolute Gasteiger partial charge is 0.493 e. The fourth-order valence-electron chi connectivity index (χ4n) is 4.74. The number of fused-ring (bicyclic) bond motifs is 7. The van der Waals surface area contributed by atoms with Crippen molar-refractivity contribution in [1.29, 1.82) is 0 Å². The van der Waals surface area contributed by atoms with E-state index in [0.29, 0.717) is 47.3 Å². The van der Waals surface area contributed by atoms with Crippen molar-refractivity contribution in [3.63, 3.8) is 0 Å². The lowest BCUT2D eigenvalue weighted by Crippen LogP contribution is -2.64. The Morgan fingerprint density at radius 3 is 2.88 bits per heavy atom. The van der Waals surface area contributed by atoms with E-state index in [1.807, 2.05) is 34.9 Å². The third-order valence-corrected chi connectivity index (χ3v) is 6.34. The number of morpholine rings is 1. The van der Waals surface area contributed by atoms with E-state index in [0.717, 1.165) is 44.7 Å². The maximum absolute atomic E-state index is 13.3. The predicted octanol–water partition coefficient (Wildman–Crippen LogP) is 2.74. The van der Waals surface area contributed by atoms with E-state index in [-0.39, 0.29) is 5.91 Å². The van der Waals surface area contributed by atoms with Crippen molar-refractivity contribution in [2.75, 3.05) is 30.0 Å². The summed E-state index contributed by atoms with van der Waals surface area (Å²) in [6.45, 7) is 2.77. The normalized spacial score (nSPS) is 22.5. The summed E-state index contributed by atoms with van der Waals surface area (Å²) in [6.07, 6.45) is 4.60. The maximum atomic E-state index is 13.3. The molecular weight excluding hydrogens is 408 g/mol. The van der Waals surface area contributed by atoms with Gasteiger partial charge >= 0.3 is 0 Å². The van der Waals surface area contributed by atoms with E-state index < -0.39 is 0 Å². The van der Waals surface area contributed by atoms with Crippen LogP contribution in [0.5, 0.6) is 5.75 Å². The van der Waals surface area contributed by atoms with Crippen molar-refractivity contribution in [3.05, 3.63) is 48.3 Å². The SMILES string of the molecule is O=C1Nc2cccc(n2)-c2nncn2CCCCOc2ccc(N3C4COCC3C4)cc21. The second-order valence-electron chi connectivity index (χ2n) is 8.43. The predicted molar refractivity (Wildman–Crippen MR) is 118 cm³/mol. The zero-order valence-electron chi connectivity index (χ0n) is 17.6. The summed E-state index contributed by atoms with van der Waals surface area (Å²) < 4.78 is 13.6. The summed E-state index contributed by atoms with van der Waals surface area (Å²) in [4.78, 5) is 20.3. The molecule has 2 aromatic heterocycles. The molecule has 3 aliphatic heterocycles. The summed E-state index contributed by atoms with van der Waals surface area (Å²) in [5.41, 5.74) is 2.22. The first-order valence-corrected chi connectivity index (χ1v) is 11.1. The van der Waals surface area contributed by atoms with Gasteiger partial charge in [-0.15, -0.1) is 10.2 Å². The summed E-state index contributed by atoms with van der Waals surface area (Å²) in [5, 5.41) is 11.2. The van der Waals surface area contributed by atoms with Crippen LogP contribution in [0.1, 0.15) is 29.6 Å². The van der Waals surface area contributed by atoms with Crippen molar-refractivity contribution in [2.45, 2.75) is 37.9 Å². The molecule has 0 radical (unpaired) electrons. The number of hydrogen-bond acceptors (Lipinski definition) is 7. The van der Waals surface area contributed by atoms with Gasteiger partial charge in [0.2, 0.25) is 0 Å². The van der Waals surface area contributed by atoms with Gasteiger partial charge < -0.3 is 24.3 Å². The Morgan fingerprint density at radius 2 is 2.00 bits per heavy atom. The molecule has 9 heteroatoms. The number of carbonyl (C=O) groups is 1. The van der Waals surface area contributed by atoms with Crippen LogP contribution >= 0.6 is 0 Å². The monoisotopic (exact) mass is 432 g/mol. The minimum atomic E-state index is -0.244. The molecule has 6 rings (SSSR count). The number of hydrogen-bond donors (Lipinski definition) is 1. The Hall–Kier alpha value is -3.46. The quantitative estimate of drug-likeness (QED) is 0.632. The van der Waals surface area contributed by atoms with Crippen LogP contribution in [0.3, 0.4) is 0 Å². The lowest BCUT2D eigenvalue weighted by Gasteiger charge is -2.54. The van der Waals surface area contributed by atoms with E-state index in [2.05, 4.69) is 25.4 Å². The molecule has 32 heavy (non-hydrogen) atoms. The number of nitrogens with one attached hydrogen (secondary N) is 1. The zero-order chi connectivity index (χ0) is 21.5. The number of aryl methyl sites for hydroxylation is 1. The van der Waals surface area contributed by atoms with Crippen molar-refractivity contribution >= 4 is 17.4 Å². The van der Waals surface area contributed by atoms with Crippen molar-refractivity contribution < 1.29 is 14.3 Å². The lowest BCUT2D eigenvalue weighted by atomic mass is 9.90. The third-order valence-electron chi connectivity index (χ3n) is 6.34. The first kappa shape index (κ1) is 19.2. The van der Waals surface area contributed by atoms with Crippen LogP contribution in [0.4, 0.5) is 11.5 Å². The van der Waals surface area contributed by atoms with Gasteiger partial charge in [-0.3, -0.25) is 4.79 Å². The summed E-state index contributed by atoms with van der Waals surface area (Å²) >= 11 is 0. The lowest BCUT2D eigenvalue weighted by molar-refractivity contribution is 0.0103. The molecule has 4 bridgehead atoms. The van der Waals surface area contributed by atoms with Crippen LogP contribution in [0.2, 0.25) is 0 Å².